The summed E-state index contributed by atoms with van der Waals surface area (Å²) in [5.74, 6) is 2.16. The fourth-order valence-electron chi connectivity index (χ4n) is 4.25. The van der Waals surface area contributed by atoms with Crippen LogP contribution in [0.3, 0.4) is 0 Å². The Hall–Kier alpha value is -3.03. The molecule has 8 nitrogen and oxygen atoms in total. The fourth-order valence-corrected chi connectivity index (χ4v) is 4.25. The van der Waals surface area contributed by atoms with Crippen LogP contribution >= 0.6 is 0 Å². The van der Waals surface area contributed by atoms with Crippen LogP contribution in [-0.4, -0.2) is 59.6 Å². The van der Waals surface area contributed by atoms with Crippen LogP contribution in [0.5, 0.6) is 11.5 Å². The van der Waals surface area contributed by atoms with Crippen molar-refractivity contribution in [3.63, 3.8) is 0 Å². The minimum absolute atomic E-state index is 0.0597. The number of hydrogen-bond acceptors (Lipinski definition) is 5. The lowest BCUT2D eigenvalue weighted by atomic mass is 9.94. The fraction of sp³-hybridized carbons (Fsp3) is 0.500. The van der Waals surface area contributed by atoms with E-state index in [1.165, 1.54) is 0 Å². The number of hydrogen-bond donors (Lipinski definition) is 1. The van der Waals surface area contributed by atoms with Crippen molar-refractivity contribution in [2.24, 2.45) is 5.92 Å². The third kappa shape index (κ3) is 4.27. The largest absolute Gasteiger partial charge is 0.497 e. The normalized spacial score (nSPS) is 19.1. The molecular formula is C22H28N4O4. The van der Waals surface area contributed by atoms with E-state index in [-0.39, 0.29) is 23.8 Å². The molecule has 1 saturated heterocycles. The smallest absolute Gasteiger partial charge is 0.254 e. The summed E-state index contributed by atoms with van der Waals surface area (Å²) < 4.78 is 12.7. The van der Waals surface area contributed by atoms with Gasteiger partial charge in [0, 0.05) is 62.0 Å². The van der Waals surface area contributed by atoms with Gasteiger partial charge in [0.05, 0.1) is 14.2 Å². The van der Waals surface area contributed by atoms with E-state index in [1.54, 1.807) is 37.3 Å². The number of aryl methyl sites for hydroxylation is 1. The maximum Gasteiger partial charge on any atom is 0.254 e. The molecule has 2 amide bonds. The van der Waals surface area contributed by atoms with Gasteiger partial charge >= 0.3 is 0 Å². The van der Waals surface area contributed by atoms with Gasteiger partial charge in [-0.25, -0.2) is 4.98 Å². The molecule has 1 unspecified atom stereocenters. The Morgan fingerprint density at radius 3 is 2.40 bits per heavy atom. The van der Waals surface area contributed by atoms with Gasteiger partial charge in [0.2, 0.25) is 5.91 Å². The average molecular weight is 412 g/mol. The number of carbonyl (C=O) groups is 2. The number of aromatic nitrogens is 2. The number of nitrogens with zero attached hydrogens (tertiary/aromatic N) is 3. The van der Waals surface area contributed by atoms with Crippen LogP contribution in [-0.2, 0) is 17.8 Å². The van der Waals surface area contributed by atoms with Crippen molar-refractivity contribution >= 4 is 11.8 Å². The number of rotatable bonds is 5. The van der Waals surface area contributed by atoms with Gasteiger partial charge in [0.15, 0.2) is 0 Å². The Balaban J connectivity index is 1.31. The van der Waals surface area contributed by atoms with Crippen LogP contribution in [0.25, 0.3) is 0 Å². The molecule has 2 aliphatic rings. The molecule has 2 aromatic rings. The Bertz CT molecular complexity index is 895. The molecule has 0 spiro atoms. The number of nitrogens with one attached hydrogen (secondary N) is 1. The predicted octanol–water partition coefficient (Wildman–Crippen LogP) is 1.88. The molecule has 0 saturated carbocycles. The summed E-state index contributed by atoms with van der Waals surface area (Å²) in [4.78, 5) is 31.8. The van der Waals surface area contributed by atoms with E-state index in [9.17, 15) is 9.59 Å². The SMILES string of the molecule is COc1cc(OC)cc(C(=O)N2CCC(C(=O)NC3CCn4ccnc4C3)CC2)c1. The molecule has 30 heavy (non-hydrogen) atoms. The van der Waals surface area contributed by atoms with Crippen molar-refractivity contribution in [1.82, 2.24) is 19.8 Å². The van der Waals surface area contributed by atoms with Crippen LogP contribution in [0.4, 0.5) is 0 Å². The quantitative estimate of drug-likeness (QED) is 0.811. The molecular weight excluding hydrogens is 384 g/mol. The predicted molar refractivity (Wildman–Crippen MR) is 111 cm³/mol. The highest BCUT2D eigenvalue weighted by Gasteiger charge is 2.30. The highest BCUT2D eigenvalue weighted by atomic mass is 16.5. The van der Waals surface area contributed by atoms with Gasteiger partial charge in [-0.15, -0.1) is 0 Å². The number of fused-ring (bicyclic) bond motifs is 1. The molecule has 8 heteroatoms. The summed E-state index contributed by atoms with van der Waals surface area (Å²) in [5.41, 5.74) is 0.534. The Kier molecular flexibility index (Phi) is 5.92. The second kappa shape index (κ2) is 8.77. The van der Waals surface area contributed by atoms with E-state index < -0.39 is 0 Å². The first-order chi connectivity index (χ1) is 14.6. The summed E-state index contributed by atoms with van der Waals surface area (Å²) in [6, 6.07) is 5.31. The zero-order chi connectivity index (χ0) is 21.1. The molecule has 2 aliphatic heterocycles. The van der Waals surface area contributed by atoms with Crippen LogP contribution in [0.2, 0.25) is 0 Å². The van der Waals surface area contributed by atoms with E-state index in [2.05, 4.69) is 14.9 Å². The van der Waals surface area contributed by atoms with Crippen molar-refractivity contribution in [2.45, 2.75) is 38.3 Å². The Morgan fingerprint density at radius 1 is 1.03 bits per heavy atom. The summed E-state index contributed by atoms with van der Waals surface area (Å²) >= 11 is 0. The lowest BCUT2D eigenvalue weighted by Crippen LogP contribution is -2.47. The van der Waals surface area contributed by atoms with Crippen LogP contribution in [0, 0.1) is 5.92 Å². The zero-order valence-electron chi connectivity index (χ0n) is 17.5. The van der Waals surface area contributed by atoms with Crippen LogP contribution < -0.4 is 14.8 Å². The molecule has 0 bridgehead atoms. The lowest BCUT2D eigenvalue weighted by molar-refractivity contribution is -0.127. The van der Waals surface area contributed by atoms with E-state index in [1.807, 2.05) is 12.4 Å². The van der Waals surface area contributed by atoms with E-state index in [0.717, 1.165) is 25.2 Å². The maximum absolute atomic E-state index is 12.9. The van der Waals surface area contributed by atoms with Crippen molar-refractivity contribution in [3.05, 3.63) is 42.0 Å². The molecule has 0 radical (unpaired) electrons. The van der Waals surface area contributed by atoms with Crippen LogP contribution in [0.15, 0.2) is 30.6 Å². The number of methoxy groups -OCH3 is 2. The molecule has 3 heterocycles. The van der Waals surface area contributed by atoms with Crippen LogP contribution in [0.1, 0.15) is 35.4 Å². The standard InChI is InChI=1S/C22H28N4O4/c1-29-18-11-16(12-19(14-18)30-2)22(28)26-7-3-15(4-8-26)21(27)24-17-5-9-25-10-6-23-20(25)13-17/h6,10-12,14-15,17H,3-5,7-9,13H2,1-2H3,(H,24,27). The second-order valence-electron chi connectivity index (χ2n) is 7.90. The molecule has 160 valence electrons. The number of benzene rings is 1. The van der Waals surface area contributed by atoms with Gasteiger partial charge in [-0.1, -0.05) is 0 Å². The Morgan fingerprint density at radius 2 is 1.73 bits per heavy atom. The number of amides is 2. The van der Waals surface area contributed by atoms with Crippen molar-refractivity contribution in [3.8, 4) is 11.5 Å². The van der Waals surface area contributed by atoms with Gasteiger partial charge in [-0.05, 0) is 31.4 Å². The number of imidazole rings is 1. The molecule has 1 aromatic carbocycles. The van der Waals surface area contributed by atoms with Gasteiger partial charge in [0.1, 0.15) is 17.3 Å². The number of ether oxygens (including phenoxy) is 2. The van der Waals surface area contributed by atoms with Gasteiger partial charge in [0.25, 0.3) is 5.91 Å². The topological polar surface area (TPSA) is 85.7 Å². The number of piperidine rings is 1. The van der Waals surface area contributed by atoms with Crippen molar-refractivity contribution < 1.29 is 19.1 Å². The molecule has 1 N–H and O–H groups in total. The van der Waals surface area contributed by atoms with Crippen molar-refractivity contribution in [2.75, 3.05) is 27.3 Å². The minimum atomic E-state index is -0.0647. The minimum Gasteiger partial charge on any atom is -0.497 e. The summed E-state index contributed by atoms with van der Waals surface area (Å²) in [6.07, 6.45) is 6.82. The van der Waals surface area contributed by atoms with E-state index in [4.69, 9.17) is 9.47 Å². The average Bonchev–Trinajstić information content (AvgIpc) is 3.26. The Labute approximate surface area is 176 Å². The van der Waals surface area contributed by atoms with Gasteiger partial charge in [-0.2, -0.15) is 0 Å². The highest BCUT2D eigenvalue weighted by Crippen LogP contribution is 2.26. The summed E-state index contributed by atoms with van der Waals surface area (Å²) in [7, 11) is 3.12. The monoisotopic (exact) mass is 412 g/mol. The third-order valence-corrected chi connectivity index (χ3v) is 6.05. The second-order valence-corrected chi connectivity index (χ2v) is 7.90. The van der Waals surface area contributed by atoms with Gasteiger partial charge < -0.3 is 24.3 Å². The maximum atomic E-state index is 12.9. The summed E-state index contributed by atoms with van der Waals surface area (Å²) in [6.45, 7) is 2.01. The highest BCUT2D eigenvalue weighted by molar-refractivity contribution is 5.95. The molecule has 1 fully saturated rings. The first-order valence-corrected chi connectivity index (χ1v) is 10.4. The number of carbonyl (C=O) groups excluding carboxylic acids is 2. The molecule has 1 aromatic heterocycles. The van der Waals surface area contributed by atoms with E-state index >= 15 is 0 Å². The van der Waals surface area contributed by atoms with E-state index in [0.29, 0.717) is 43.0 Å². The van der Waals surface area contributed by atoms with Gasteiger partial charge in [-0.3, -0.25) is 9.59 Å². The summed E-state index contributed by atoms with van der Waals surface area (Å²) in [5, 5.41) is 3.20. The third-order valence-electron chi connectivity index (χ3n) is 6.05. The first kappa shape index (κ1) is 20.3. The van der Waals surface area contributed by atoms with Crippen molar-refractivity contribution in [1.29, 1.82) is 0 Å². The molecule has 1 atom stereocenters. The molecule has 4 rings (SSSR count). The zero-order valence-corrected chi connectivity index (χ0v) is 17.5. The molecule has 0 aliphatic carbocycles. The first-order valence-electron chi connectivity index (χ1n) is 10.4. The lowest BCUT2D eigenvalue weighted by Gasteiger charge is -2.33. The number of likely N-dealkylation sites (tertiary alicyclic amines) is 1.